The lowest BCUT2D eigenvalue weighted by Crippen LogP contribution is -2.31. The summed E-state index contributed by atoms with van der Waals surface area (Å²) in [6.07, 6.45) is 0.860. The number of benzene rings is 2. The molecule has 7 nitrogen and oxygen atoms in total. The number of amides is 1. The molecule has 0 saturated carbocycles. The summed E-state index contributed by atoms with van der Waals surface area (Å²) >= 11 is 0. The zero-order valence-corrected chi connectivity index (χ0v) is 17.0. The van der Waals surface area contributed by atoms with Gasteiger partial charge >= 0.3 is 0 Å². The van der Waals surface area contributed by atoms with E-state index < -0.39 is 0 Å². The van der Waals surface area contributed by atoms with Crippen molar-refractivity contribution < 1.29 is 9.53 Å². The average Bonchev–Trinajstić information content (AvgIpc) is 3.35. The number of hydrogen-bond donors (Lipinski definition) is 1. The number of carbonyl (C=O) groups excluding carboxylic acids is 1. The molecule has 0 aliphatic carbocycles. The van der Waals surface area contributed by atoms with Gasteiger partial charge in [-0.05, 0) is 30.0 Å². The number of aromatic nitrogens is 3. The van der Waals surface area contributed by atoms with Crippen LogP contribution in [0.2, 0.25) is 0 Å². The van der Waals surface area contributed by atoms with Gasteiger partial charge in [-0.15, -0.1) is 10.2 Å². The molecule has 1 saturated heterocycles. The monoisotopic (exact) mass is 403 g/mol. The van der Waals surface area contributed by atoms with Crippen molar-refractivity contribution in [3.8, 4) is 5.75 Å². The van der Waals surface area contributed by atoms with Gasteiger partial charge in [0.05, 0.1) is 7.11 Å². The molecule has 1 aromatic heterocycles. The predicted octanol–water partition coefficient (Wildman–Crippen LogP) is 2.84. The van der Waals surface area contributed by atoms with Crippen molar-refractivity contribution in [2.75, 3.05) is 25.5 Å². The van der Waals surface area contributed by atoms with Crippen LogP contribution in [-0.2, 0) is 19.5 Å². The van der Waals surface area contributed by atoms with Crippen LogP contribution in [-0.4, -0.2) is 45.8 Å². The molecular weight excluding hydrogens is 378 g/mol. The lowest BCUT2D eigenvalue weighted by Gasteiger charge is -2.25. The number of methoxy groups -OCH3 is 1. The van der Waals surface area contributed by atoms with Crippen LogP contribution in [0.4, 0.5) is 5.69 Å². The fraction of sp³-hybridized carbons (Fsp3) is 0.348. The molecule has 3 aromatic rings. The molecule has 1 amide bonds. The van der Waals surface area contributed by atoms with Gasteiger partial charge in [-0.3, -0.25) is 9.69 Å². The van der Waals surface area contributed by atoms with Crippen LogP contribution in [0, 0.1) is 11.8 Å². The Bertz CT molecular complexity index is 1050. The van der Waals surface area contributed by atoms with Crippen molar-refractivity contribution in [3.05, 3.63) is 71.8 Å². The number of fused-ring (bicyclic) bond motifs is 2. The van der Waals surface area contributed by atoms with Crippen molar-refractivity contribution >= 4 is 11.6 Å². The number of ether oxygens (including phenoxy) is 1. The highest BCUT2D eigenvalue weighted by molar-refractivity contribution is 6.01. The predicted molar refractivity (Wildman–Crippen MR) is 113 cm³/mol. The number of likely N-dealkylation sites (tertiary alicyclic amines) is 1. The number of rotatable bonds is 5. The molecule has 7 heteroatoms. The van der Waals surface area contributed by atoms with Gasteiger partial charge < -0.3 is 14.6 Å². The molecule has 0 radical (unpaired) electrons. The molecule has 30 heavy (non-hydrogen) atoms. The number of anilines is 1. The minimum Gasteiger partial charge on any atom is -0.496 e. The van der Waals surface area contributed by atoms with Crippen LogP contribution in [0.3, 0.4) is 0 Å². The minimum atomic E-state index is -0.206. The third-order valence-electron chi connectivity index (χ3n) is 6.16. The highest BCUT2D eigenvalue weighted by Crippen LogP contribution is 2.34. The van der Waals surface area contributed by atoms with Crippen molar-refractivity contribution in [2.45, 2.75) is 19.5 Å². The molecule has 2 atom stereocenters. The molecular formula is C23H25N5O2. The Hall–Kier alpha value is -3.19. The molecule has 5 rings (SSSR count). The number of carbonyl (C=O) groups is 1. The highest BCUT2D eigenvalue weighted by Gasteiger charge is 2.39. The Morgan fingerprint density at radius 1 is 1.03 bits per heavy atom. The van der Waals surface area contributed by atoms with Crippen molar-refractivity contribution in [2.24, 2.45) is 11.8 Å². The van der Waals surface area contributed by atoms with E-state index in [4.69, 9.17) is 4.74 Å². The third-order valence-corrected chi connectivity index (χ3v) is 6.16. The quantitative estimate of drug-likeness (QED) is 0.709. The maximum Gasteiger partial charge on any atom is 0.293 e. The zero-order chi connectivity index (χ0) is 20.5. The van der Waals surface area contributed by atoms with E-state index in [1.807, 2.05) is 47.0 Å². The van der Waals surface area contributed by atoms with Gasteiger partial charge in [0.15, 0.2) is 0 Å². The molecule has 3 heterocycles. The van der Waals surface area contributed by atoms with E-state index in [2.05, 4.69) is 32.5 Å². The summed E-state index contributed by atoms with van der Waals surface area (Å²) < 4.78 is 7.52. The number of para-hydroxylation sites is 2. The average molecular weight is 403 g/mol. The van der Waals surface area contributed by atoms with Crippen LogP contribution in [0.1, 0.15) is 22.0 Å². The molecule has 0 unspecified atom stereocenters. The van der Waals surface area contributed by atoms with Crippen molar-refractivity contribution in [1.29, 1.82) is 0 Å². The Labute approximate surface area is 175 Å². The summed E-state index contributed by atoms with van der Waals surface area (Å²) in [6.45, 7) is 3.69. The lowest BCUT2D eigenvalue weighted by molar-refractivity contribution is 0.100. The van der Waals surface area contributed by atoms with E-state index in [9.17, 15) is 4.79 Å². The van der Waals surface area contributed by atoms with Gasteiger partial charge in [-0.25, -0.2) is 0 Å². The van der Waals surface area contributed by atoms with E-state index in [1.54, 1.807) is 7.11 Å². The van der Waals surface area contributed by atoms with Crippen LogP contribution >= 0.6 is 0 Å². The van der Waals surface area contributed by atoms with Crippen LogP contribution in [0.25, 0.3) is 0 Å². The summed E-state index contributed by atoms with van der Waals surface area (Å²) in [7, 11) is 1.72. The fourth-order valence-electron chi connectivity index (χ4n) is 4.70. The van der Waals surface area contributed by atoms with Gasteiger partial charge in [0.25, 0.3) is 5.91 Å². The standard InChI is InChI=1S/C23H25N5O2/c1-30-20-10-6-5-7-16(20)12-27-13-17-11-21-25-26-22(28(21)15-18(17)14-27)23(29)24-19-8-3-2-4-9-19/h2-10,17-18H,11-15H2,1H3,(H,24,29)/t17-,18+/m1/s1. The second-order valence-corrected chi connectivity index (χ2v) is 8.10. The van der Waals surface area contributed by atoms with Gasteiger partial charge in [-0.2, -0.15) is 0 Å². The third kappa shape index (κ3) is 3.57. The summed E-state index contributed by atoms with van der Waals surface area (Å²) in [5.74, 6) is 3.07. The fourth-order valence-corrected chi connectivity index (χ4v) is 4.70. The molecule has 2 aromatic carbocycles. The summed E-state index contributed by atoms with van der Waals surface area (Å²) in [6, 6.07) is 17.6. The second-order valence-electron chi connectivity index (χ2n) is 8.10. The first-order chi connectivity index (χ1) is 14.7. The minimum absolute atomic E-state index is 0.206. The smallest absolute Gasteiger partial charge is 0.293 e. The van der Waals surface area contributed by atoms with Gasteiger partial charge in [-0.1, -0.05) is 36.4 Å². The van der Waals surface area contributed by atoms with E-state index in [1.165, 1.54) is 5.56 Å². The van der Waals surface area contributed by atoms with Crippen molar-refractivity contribution in [3.63, 3.8) is 0 Å². The summed E-state index contributed by atoms with van der Waals surface area (Å²) in [5.41, 5.74) is 1.97. The maximum absolute atomic E-state index is 12.8. The summed E-state index contributed by atoms with van der Waals surface area (Å²) in [5, 5.41) is 11.5. The van der Waals surface area contributed by atoms with Gasteiger partial charge in [0, 0.05) is 43.9 Å². The molecule has 1 N–H and O–H groups in total. The first kappa shape index (κ1) is 18.8. The van der Waals surface area contributed by atoms with Crippen LogP contribution < -0.4 is 10.1 Å². The lowest BCUT2D eigenvalue weighted by atomic mass is 9.89. The largest absolute Gasteiger partial charge is 0.496 e. The Morgan fingerprint density at radius 3 is 2.63 bits per heavy atom. The number of hydrogen-bond acceptors (Lipinski definition) is 5. The molecule has 1 fully saturated rings. The van der Waals surface area contributed by atoms with Crippen molar-refractivity contribution in [1.82, 2.24) is 19.7 Å². The molecule has 0 spiro atoms. The number of nitrogens with zero attached hydrogens (tertiary/aromatic N) is 4. The first-order valence-corrected chi connectivity index (χ1v) is 10.3. The van der Waals surface area contributed by atoms with E-state index in [0.717, 1.165) is 49.9 Å². The number of nitrogens with one attached hydrogen (secondary N) is 1. The van der Waals surface area contributed by atoms with Crippen LogP contribution in [0.5, 0.6) is 5.75 Å². The van der Waals surface area contributed by atoms with E-state index >= 15 is 0 Å². The normalized spacial score (nSPS) is 20.4. The topological polar surface area (TPSA) is 72.3 Å². The van der Waals surface area contributed by atoms with E-state index in [0.29, 0.717) is 17.7 Å². The van der Waals surface area contributed by atoms with E-state index in [-0.39, 0.29) is 5.91 Å². The Kier molecular flexibility index (Phi) is 4.96. The molecule has 2 aliphatic heterocycles. The Balaban J connectivity index is 1.28. The Morgan fingerprint density at radius 2 is 1.80 bits per heavy atom. The maximum atomic E-state index is 12.8. The van der Waals surface area contributed by atoms with Gasteiger partial charge in [0.2, 0.25) is 5.82 Å². The summed E-state index contributed by atoms with van der Waals surface area (Å²) in [4.78, 5) is 15.2. The second kappa shape index (κ2) is 7.91. The van der Waals surface area contributed by atoms with Gasteiger partial charge in [0.1, 0.15) is 11.6 Å². The molecule has 0 bridgehead atoms. The van der Waals surface area contributed by atoms with Crippen LogP contribution in [0.15, 0.2) is 54.6 Å². The molecule has 2 aliphatic rings. The SMILES string of the molecule is COc1ccccc1CN1C[C@H]2Cc3nnc(C(=O)Nc4ccccc4)n3C[C@@H]2C1. The highest BCUT2D eigenvalue weighted by atomic mass is 16.5. The first-order valence-electron chi connectivity index (χ1n) is 10.3. The molecule has 154 valence electrons. The zero-order valence-electron chi connectivity index (χ0n) is 17.0.